The summed E-state index contributed by atoms with van der Waals surface area (Å²) in [5, 5.41) is 15.0. The molecule has 3 aromatic heterocycles. The molecular formula is C20H17F3N6O. The molecule has 10 heteroatoms. The summed E-state index contributed by atoms with van der Waals surface area (Å²) >= 11 is 0. The predicted molar refractivity (Wildman–Crippen MR) is 102 cm³/mol. The number of halogens is 3. The minimum Gasteiger partial charge on any atom is -0.351 e. The molecule has 0 radical (unpaired) electrons. The Labute approximate surface area is 169 Å². The first kappa shape index (κ1) is 19.6. The Bertz CT molecular complexity index is 1210. The molecule has 0 bridgehead atoms. The van der Waals surface area contributed by atoms with E-state index in [-0.39, 0.29) is 11.6 Å². The predicted octanol–water partition coefficient (Wildman–Crippen LogP) is 3.21. The van der Waals surface area contributed by atoms with Crippen LogP contribution in [-0.2, 0) is 12.6 Å². The van der Waals surface area contributed by atoms with E-state index in [1.54, 1.807) is 6.92 Å². The first-order valence-corrected chi connectivity index (χ1v) is 9.13. The second kappa shape index (κ2) is 7.62. The molecule has 0 aliphatic carbocycles. The van der Waals surface area contributed by atoms with Crippen LogP contribution in [0.2, 0.25) is 0 Å². The number of carbonyl (C=O) groups is 1. The second-order valence-electron chi connectivity index (χ2n) is 6.65. The second-order valence-corrected chi connectivity index (χ2v) is 6.65. The van der Waals surface area contributed by atoms with Crippen LogP contribution < -0.4 is 5.32 Å². The highest BCUT2D eigenvalue weighted by molar-refractivity contribution is 5.95. The molecule has 0 saturated heterocycles. The first-order chi connectivity index (χ1) is 14.3. The monoisotopic (exact) mass is 414 g/mol. The summed E-state index contributed by atoms with van der Waals surface area (Å²) in [5.41, 5.74) is 0.910. The van der Waals surface area contributed by atoms with Crippen molar-refractivity contribution in [2.24, 2.45) is 0 Å². The van der Waals surface area contributed by atoms with Crippen molar-refractivity contribution in [2.75, 3.05) is 6.54 Å². The van der Waals surface area contributed by atoms with E-state index < -0.39 is 11.7 Å². The van der Waals surface area contributed by atoms with Crippen molar-refractivity contribution in [3.8, 4) is 5.69 Å². The highest BCUT2D eigenvalue weighted by Crippen LogP contribution is 2.30. The van der Waals surface area contributed by atoms with E-state index in [1.807, 2.05) is 28.8 Å². The highest BCUT2D eigenvalue weighted by Gasteiger charge is 2.30. The number of aromatic nitrogens is 5. The maximum Gasteiger partial charge on any atom is 0.416 e. The lowest BCUT2D eigenvalue weighted by Crippen LogP contribution is -2.26. The Morgan fingerprint density at radius 3 is 2.77 bits per heavy atom. The van der Waals surface area contributed by atoms with Crippen molar-refractivity contribution in [3.05, 3.63) is 77.5 Å². The molecule has 0 atom stereocenters. The first-order valence-electron chi connectivity index (χ1n) is 9.13. The molecule has 0 aliphatic heterocycles. The van der Waals surface area contributed by atoms with Gasteiger partial charge in [-0.05, 0) is 37.3 Å². The number of amides is 1. The molecule has 4 aromatic rings. The Hall–Kier alpha value is -3.69. The zero-order valence-corrected chi connectivity index (χ0v) is 15.9. The molecule has 0 fully saturated rings. The van der Waals surface area contributed by atoms with Crippen molar-refractivity contribution in [3.63, 3.8) is 0 Å². The van der Waals surface area contributed by atoms with Gasteiger partial charge in [0.05, 0.1) is 28.7 Å². The van der Waals surface area contributed by atoms with Crippen LogP contribution in [0, 0.1) is 6.92 Å². The molecule has 0 spiro atoms. The molecule has 4 rings (SSSR count). The summed E-state index contributed by atoms with van der Waals surface area (Å²) in [7, 11) is 0. The van der Waals surface area contributed by atoms with Crippen molar-refractivity contribution in [1.82, 2.24) is 29.7 Å². The van der Waals surface area contributed by atoms with Crippen LogP contribution in [-0.4, -0.2) is 36.8 Å². The molecule has 1 aromatic carbocycles. The van der Waals surface area contributed by atoms with Crippen LogP contribution in [0.4, 0.5) is 13.2 Å². The van der Waals surface area contributed by atoms with Gasteiger partial charge in [0.1, 0.15) is 5.82 Å². The Kier molecular flexibility index (Phi) is 4.98. The molecule has 30 heavy (non-hydrogen) atoms. The fourth-order valence-electron chi connectivity index (χ4n) is 3.15. The zero-order valence-electron chi connectivity index (χ0n) is 15.9. The molecule has 1 amide bonds. The van der Waals surface area contributed by atoms with Crippen molar-refractivity contribution in [1.29, 1.82) is 0 Å². The summed E-state index contributed by atoms with van der Waals surface area (Å²) in [6, 6.07) is 10.4. The van der Waals surface area contributed by atoms with E-state index in [4.69, 9.17) is 0 Å². The summed E-state index contributed by atoms with van der Waals surface area (Å²) in [6.07, 6.45) is -0.798. The molecule has 3 heterocycles. The van der Waals surface area contributed by atoms with Crippen LogP contribution in [0.15, 0.2) is 54.9 Å². The summed E-state index contributed by atoms with van der Waals surface area (Å²) in [6.45, 7) is 1.96. The van der Waals surface area contributed by atoms with Gasteiger partial charge in [-0.2, -0.15) is 18.3 Å². The number of carbonyl (C=O) groups excluding carboxylic acids is 1. The number of pyridine rings is 1. The molecule has 0 aliphatic rings. The largest absolute Gasteiger partial charge is 0.416 e. The van der Waals surface area contributed by atoms with E-state index in [9.17, 15) is 18.0 Å². The Morgan fingerprint density at radius 2 is 1.97 bits per heavy atom. The van der Waals surface area contributed by atoms with Crippen molar-refractivity contribution in [2.45, 2.75) is 19.5 Å². The van der Waals surface area contributed by atoms with Gasteiger partial charge in [-0.1, -0.05) is 12.1 Å². The van der Waals surface area contributed by atoms with Crippen molar-refractivity contribution >= 4 is 11.6 Å². The maximum atomic E-state index is 13.0. The zero-order chi connectivity index (χ0) is 21.3. The van der Waals surface area contributed by atoms with Gasteiger partial charge in [0, 0.05) is 19.2 Å². The van der Waals surface area contributed by atoms with Crippen LogP contribution >= 0.6 is 0 Å². The number of benzene rings is 1. The minimum absolute atomic E-state index is 0.233. The third-order valence-corrected chi connectivity index (χ3v) is 4.69. The number of alkyl halides is 3. The normalized spacial score (nSPS) is 11.7. The smallest absolute Gasteiger partial charge is 0.351 e. The fourth-order valence-corrected chi connectivity index (χ4v) is 3.15. The lowest BCUT2D eigenvalue weighted by atomic mass is 10.2. The van der Waals surface area contributed by atoms with Gasteiger partial charge in [-0.25, -0.2) is 4.68 Å². The summed E-state index contributed by atoms with van der Waals surface area (Å²) in [4.78, 5) is 12.5. The summed E-state index contributed by atoms with van der Waals surface area (Å²) in [5.74, 6) is 0.349. The molecule has 7 nitrogen and oxygen atoms in total. The number of nitrogens with zero attached hydrogens (tertiary/aromatic N) is 5. The average Bonchev–Trinajstić information content (AvgIpc) is 3.31. The quantitative estimate of drug-likeness (QED) is 0.544. The van der Waals surface area contributed by atoms with E-state index in [0.717, 1.165) is 17.8 Å². The number of nitrogens with one attached hydrogen (secondary N) is 1. The topological polar surface area (TPSA) is 77.1 Å². The molecule has 0 unspecified atom stereocenters. The molecular weight excluding hydrogens is 397 g/mol. The standard InChI is InChI=1S/C20H17F3N6O/c1-13-16(12-25-29(13)15-6-4-5-14(11-15)20(21,22)23)19(30)24-9-8-18-27-26-17-7-2-3-10-28(17)18/h2-7,10-12H,8-9H2,1H3,(H,24,30). The fraction of sp³-hybridized carbons (Fsp3) is 0.200. The van der Waals surface area contributed by atoms with Gasteiger partial charge in [0.25, 0.3) is 5.91 Å². The Morgan fingerprint density at radius 1 is 1.13 bits per heavy atom. The van der Waals surface area contributed by atoms with Crippen LogP contribution in [0.3, 0.4) is 0 Å². The maximum absolute atomic E-state index is 13.0. The summed E-state index contributed by atoms with van der Waals surface area (Å²) < 4.78 is 42.0. The number of hydrogen-bond acceptors (Lipinski definition) is 4. The van der Waals surface area contributed by atoms with Gasteiger partial charge in [-0.3, -0.25) is 9.20 Å². The van der Waals surface area contributed by atoms with E-state index in [2.05, 4.69) is 20.6 Å². The molecule has 0 saturated carbocycles. The van der Waals surface area contributed by atoms with Crippen molar-refractivity contribution < 1.29 is 18.0 Å². The van der Waals surface area contributed by atoms with Gasteiger partial charge < -0.3 is 5.32 Å². The van der Waals surface area contributed by atoms with E-state index in [1.165, 1.54) is 23.0 Å². The number of hydrogen-bond donors (Lipinski definition) is 1. The van der Waals surface area contributed by atoms with Crippen LogP contribution in [0.5, 0.6) is 0 Å². The highest BCUT2D eigenvalue weighted by atomic mass is 19.4. The van der Waals surface area contributed by atoms with Crippen LogP contribution in [0.25, 0.3) is 11.3 Å². The third-order valence-electron chi connectivity index (χ3n) is 4.69. The minimum atomic E-state index is -4.46. The Balaban J connectivity index is 1.46. The molecule has 1 N–H and O–H groups in total. The number of fused-ring (bicyclic) bond motifs is 1. The number of rotatable bonds is 5. The average molecular weight is 414 g/mol. The SMILES string of the molecule is Cc1c(C(=O)NCCc2nnc3ccccn23)cnn1-c1cccc(C(F)(F)F)c1. The van der Waals surface area contributed by atoms with E-state index in [0.29, 0.717) is 30.0 Å². The van der Waals surface area contributed by atoms with Crippen LogP contribution in [0.1, 0.15) is 27.4 Å². The third kappa shape index (κ3) is 3.76. The van der Waals surface area contributed by atoms with Gasteiger partial charge in [-0.15, -0.1) is 10.2 Å². The van der Waals surface area contributed by atoms with Gasteiger partial charge in [0.2, 0.25) is 0 Å². The van der Waals surface area contributed by atoms with E-state index >= 15 is 0 Å². The lowest BCUT2D eigenvalue weighted by Gasteiger charge is -2.10. The van der Waals surface area contributed by atoms with Gasteiger partial charge >= 0.3 is 6.18 Å². The van der Waals surface area contributed by atoms with Gasteiger partial charge in [0.15, 0.2) is 5.65 Å². The molecule has 154 valence electrons. The lowest BCUT2D eigenvalue weighted by molar-refractivity contribution is -0.137.